The number of halogens is 1. The number of carbonyl (C=O) groups excluding carboxylic acids is 1. The third-order valence-electron chi connectivity index (χ3n) is 4.69. The molecule has 3 unspecified atom stereocenters. The first-order valence-corrected chi connectivity index (χ1v) is 9.41. The molecule has 1 N–H and O–H groups in total. The number of carbonyl (C=O) groups is 1. The van der Waals surface area contributed by atoms with Gasteiger partial charge in [0.25, 0.3) is 5.91 Å². The van der Waals surface area contributed by atoms with E-state index in [2.05, 4.69) is 10.2 Å². The lowest BCUT2D eigenvalue weighted by atomic mass is 9.96. The molecule has 2 aliphatic heterocycles. The van der Waals surface area contributed by atoms with E-state index in [-0.39, 0.29) is 11.9 Å². The molecule has 2 saturated heterocycles. The Kier molecular flexibility index (Phi) is 4.57. The summed E-state index contributed by atoms with van der Waals surface area (Å²) in [6.45, 7) is 3.37. The molecule has 3 atom stereocenters. The average Bonchev–Trinajstić information content (AvgIpc) is 3.13. The first kappa shape index (κ1) is 16.1. The van der Waals surface area contributed by atoms with E-state index in [0.29, 0.717) is 10.8 Å². The Morgan fingerprint density at radius 2 is 2.04 bits per heavy atom. The second-order valence-electron chi connectivity index (χ2n) is 6.51. The Bertz CT molecular complexity index is 719. The van der Waals surface area contributed by atoms with Gasteiger partial charge in [-0.25, -0.2) is 0 Å². The molecule has 1 aromatic heterocycles. The van der Waals surface area contributed by atoms with Gasteiger partial charge in [-0.3, -0.25) is 4.79 Å². The molecule has 0 spiro atoms. The topological polar surface area (TPSA) is 45.5 Å². The van der Waals surface area contributed by atoms with Crippen LogP contribution >= 0.6 is 23.4 Å². The third kappa shape index (κ3) is 3.63. The van der Waals surface area contributed by atoms with Crippen LogP contribution in [0.15, 0.2) is 50.8 Å². The summed E-state index contributed by atoms with van der Waals surface area (Å²) in [6.07, 6.45) is 2.38. The quantitative estimate of drug-likeness (QED) is 0.895. The molecule has 126 valence electrons. The average molecular weight is 363 g/mol. The molecular formula is C18H19ClN2O2S. The number of fused-ring (bicyclic) bond motifs is 2. The van der Waals surface area contributed by atoms with E-state index in [4.69, 9.17) is 16.0 Å². The fourth-order valence-electron chi connectivity index (χ4n) is 3.58. The fraction of sp³-hybridized carbons (Fsp3) is 0.389. The van der Waals surface area contributed by atoms with Crippen LogP contribution in [0.1, 0.15) is 23.2 Å². The van der Waals surface area contributed by atoms with E-state index in [1.165, 1.54) is 31.3 Å². The highest BCUT2D eigenvalue weighted by atomic mass is 35.5. The lowest BCUT2D eigenvalue weighted by Gasteiger charge is -2.30. The molecule has 0 saturated carbocycles. The summed E-state index contributed by atoms with van der Waals surface area (Å²) in [5.74, 6) is 0.767. The van der Waals surface area contributed by atoms with Crippen LogP contribution in [0, 0.1) is 5.92 Å². The second kappa shape index (κ2) is 6.82. The number of benzene rings is 1. The Hall–Kier alpha value is -1.43. The van der Waals surface area contributed by atoms with Gasteiger partial charge in [-0.15, -0.1) is 0 Å². The summed E-state index contributed by atoms with van der Waals surface area (Å²) >= 11 is 7.26. The highest BCUT2D eigenvalue weighted by molar-refractivity contribution is 7.99. The Morgan fingerprint density at radius 1 is 1.21 bits per heavy atom. The summed E-state index contributed by atoms with van der Waals surface area (Å²) in [4.78, 5) is 15.9. The standard InChI is InChI=1S/C18H19ClN2O2S/c19-16-5-6-17(23-16)24-15-3-1-13(2-4-15)18(22)20-14-9-12-7-8-21(10-12)11-14/h1-6,12,14H,7-11H2,(H,20,22). The Balaban J connectivity index is 1.36. The molecule has 2 fully saturated rings. The highest BCUT2D eigenvalue weighted by Crippen LogP contribution is 2.31. The van der Waals surface area contributed by atoms with Crippen molar-refractivity contribution in [1.82, 2.24) is 10.2 Å². The summed E-state index contributed by atoms with van der Waals surface area (Å²) in [6, 6.07) is 11.4. The summed E-state index contributed by atoms with van der Waals surface area (Å²) < 4.78 is 5.34. The molecule has 6 heteroatoms. The molecule has 3 heterocycles. The minimum Gasteiger partial charge on any atom is -0.438 e. The maximum Gasteiger partial charge on any atom is 0.251 e. The summed E-state index contributed by atoms with van der Waals surface area (Å²) in [5.41, 5.74) is 0.699. The number of piperidine rings is 1. The molecule has 0 aliphatic carbocycles. The number of nitrogens with one attached hydrogen (secondary N) is 1. The van der Waals surface area contributed by atoms with Crippen molar-refractivity contribution in [3.8, 4) is 0 Å². The smallest absolute Gasteiger partial charge is 0.251 e. The predicted molar refractivity (Wildman–Crippen MR) is 94.7 cm³/mol. The van der Waals surface area contributed by atoms with Crippen molar-refractivity contribution in [3.63, 3.8) is 0 Å². The largest absolute Gasteiger partial charge is 0.438 e. The third-order valence-corrected chi connectivity index (χ3v) is 5.82. The zero-order chi connectivity index (χ0) is 16.5. The lowest BCUT2D eigenvalue weighted by molar-refractivity contribution is 0.0909. The van der Waals surface area contributed by atoms with E-state index in [1.54, 1.807) is 6.07 Å². The van der Waals surface area contributed by atoms with E-state index < -0.39 is 0 Å². The number of hydrogen-bond acceptors (Lipinski definition) is 4. The first-order chi connectivity index (χ1) is 11.7. The van der Waals surface area contributed by atoms with Gasteiger partial charge in [0.05, 0.1) is 0 Å². The van der Waals surface area contributed by atoms with Crippen molar-refractivity contribution in [1.29, 1.82) is 0 Å². The summed E-state index contributed by atoms with van der Waals surface area (Å²) in [5, 5.41) is 4.31. The fourth-order valence-corrected chi connectivity index (χ4v) is 4.54. The minimum absolute atomic E-state index is 0.0140. The Labute approximate surface area is 150 Å². The van der Waals surface area contributed by atoms with Crippen molar-refractivity contribution < 1.29 is 9.21 Å². The van der Waals surface area contributed by atoms with Crippen LogP contribution in [0.5, 0.6) is 0 Å². The maximum absolute atomic E-state index is 12.4. The van der Waals surface area contributed by atoms with Crippen molar-refractivity contribution in [2.75, 3.05) is 19.6 Å². The zero-order valence-corrected chi connectivity index (χ0v) is 14.8. The predicted octanol–water partition coefficient (Wildman–Crippen LogP) is 3.91. The van der Waals surface area contributed by atoms with E-state index in [0.717, 1.165) is 28.9 Å². The number of rotatable bonds is 4. The number of amides is 1. The monoisotopic (exact) mass is 362 g/mol. The molecule has 4 nitrogen and oxygen atoms in total. The van der Waals surface area contributed by atoms with Crippen molar-refractivity contribution >= 4 is 29.3 Å². The number of nitrogens with zero attached hydrogens (tertiary/aromatic N) is 1. The van der Waals surface area contributed by atoms with Crippen LogP contribution in [-0.2, 0) is 0 Å². The van der Waals surface area contributed by atoms with Crippen LogP contribution in [0.3, 0.4) is 0 Å². The van der Waals surface area contributed by atoms with Crippen molar-refractivity contribution in [2.45, 2.75) is 28.9 Å². The Morgan fingerprint density at radius 3 is 2.75 bits per heavy atom. The van der Waals surface area contributed by atoms with Gasteiger partial charge >= 0.3 is 0 Å². The number of furan rings is 1. The normalized spacial score (nSPS) is 25.6. The van der Waals surface area contributed by atoms with Crippen LogP contribution in [-0.4, -0.2) is 36.5 Å². The SMILES string of the molecule is O=C(NC1CC2CCN(C2)C1)c1ccc(Sc2ccc(Cl)o2)cc1. The molecule has 1 amide bonds. The van der Waals surface area contributed by atoms with Gasteiger partial charge in [0.1, 0.15) is 0 Å². The van der Waals surface area contributed by atoms with Crippen molar-refractivity contribution in [3.05, 3.63) is 47.2 Å². The molecule has 24 heavy (non-hydrogen) atoms. The van der Waals surface area contributed by atoms with Crippen molar-refractivity contribution in [2.24, 2.45) is 5.92 Å². The van der Waals surface area contributed by atoms with E-state index in [9.17, 15) is 4.79 Å². The molecule has 0 radical (unpaired) electrons. The van der Waals surface area contributed by atoms with Gasteiger partial charge in [0, 0.05) is 29.6 Å². The van der Waals surface area contributed by atoms with Crippen LogP contribution < -0.4 is 5.32 Å². The first-order valence-electron chi connectivity index (χ1n) is 8.22. The molecule has 2 aliphatic rings. The molecule has 1 aromatic carbocycles. The zero-order valence-electron chi connectivity index (χ0n) is 13.2. The van der Waals surface area contributed by atoms with Crippen LogP contribution in [0.2, 0.25) is 5.22 Å². The molecular weight excluding hydrogens is 344 g/mol. The van der Waals surface area contributed by atoms with Gasteiger partial charge in [-0.2, -0.15) is 0 Å². The van der Waals surface area contributed by atoms with E-state index >= 15 is 0 Å². The summed E-state index contributed by atoms with van der Waals surface area (Å²) in [7, 11) is 0. The van der Waals surface area contributed by atoms with Gasteiger partial charge in [-0.1, -0.05) is 11.8 Å². The molecule has 2 aromatic rings. The number of hydrogen-bond donors (Lipinski definition) is 1. The second-order valence-corrected chi connectivity index (χ2v) is 7.96. The highest BCUT2D eigenvalue weighted by Gasteiger charge is 2.32. The van der Waals surface area contributed by atoms with Gasteiger partial charge in [-0.05, 0) is 73.3 Å². The molecule has 4 rings (SSSR count). The molecule has 2 bridgehead atoms. The van der Waals surface area contributed by atoms with Gasteiger partial charge in [0.15, 0.2) is 10.3 Å². The van der Waals surface area contributed by atoms with Crippen LogP contribution in [0.4, 0.5) is 0 Å². The van der Waals surface area contributed by atoms with E-state index in [1.807, 2.05) is 30.3 Å². The minimum atomic E-state index is 0.0140. The van der Waals surface area contributed by atoms with Gasteiger partial charge in [0.2, 0.25) is 0 Å². The van der Waals surface area contributed by atoms with Crippen LogP contribution in [0.25, 0.3) is 0 Å². The van der Waals surface area contributed by atoms with Gasteiger partial charge < -0.3 is 14.6 Å². The lowest BCUT2D eigenvalue weighted by Crippen LogP contribution is -2.47. The maximum atomic E-state index is 12.4.